The Kier molecular flexibility index (Phi) is 7.84. The molecular weight excluding hydrogens is 537 g/mol. The van der Waals surface area contributed by atoms with Crippen LogP contribution in [-0.4, -0.2) is 71.9 Å². The highest BCUT2D eigenvalue weighted by Crippen LogP contribution is 2.47. The Balaban J connectivity index is 1.30. The van der Waals surface area contributed by atoms with Crippen molar-refractivity contribution in [3.63, 3.8) is 0 Å². The summed E-state index contributed by atoms with van der Waals surface area (Å²) in [7, 11) is 1.71. The fraction of sp³-hybridized carbons (Fsp3) is 0.500. The lowest BCUT2D eigenvalue weighted by atomic mass is 9.93. The molecule has 39 heavy (non-hydrogen) atoms. The Morgan fingerprint density at radius 3 is 2.23 bits per heavy atom. The van der Waals surface area contributed by atoms with Gasteiger partial charge in [-0.2, -0.15) is 0 Å². The monoisotopic (exact) mass is 571 g/mol. The van der Waals surface area contributed by atoms with Gasteiger partial charge in [-0.3, -0.25) is 9.59 Å². The van der Waals surface area contributed by atoms with Gasteiger partial charge in [0.1, 0.15) is 5.75 Å². The van der Waals surface area contributed by atoms with Crippen LogP contribution in [0.3, 0.4) is 0 Å². The lowest BCUT2D eigenvalue weighted by Gasteiger charge is -2.34. The summed E-state index contributed by atoms with van der Waals surface area (Å²) in [6.07, 6.45) is 2.74. The molecule has 0 N–H and O–H groups in total. The Labute approximate surface area is 240 Å². The van der Waals surface area contributed by atoms with Crippen molar-refractivity contribution >= 4 is 41.1 Å². The molecule has 1 saturated carbocycles. The largest absolute Gasteiger partial charge is 0.415 e. The molecule has 2 saturated heterocycles. The molecule has 0 radical (unpaired) electrons. The zero-order valence-electron chi connectivity index (χ0n) is 22.7. The lowest BCUT2D eigenvalue weighted by molar-refractivity contribution is -0.142. The van der Waals surface area contributed by atoms with Crippen molar-refractivity contribution in [2.75, 3.05) is 33.2 Å². The van der Waals surface area contributed by atoms with Crippen molar-refractivity contribution in [2.24, 2.45) is 11.3 Å². The topological polar surface area (TPSA) is 70.2 Å². The number of rotatable bonds is 5. The summed E-state index contributed by atoms with van der Waals surface area (Å²) < 4.78 is 5.65. The van der Waals surface area contributed by atoms with E-state index in [1.54, 1.807) is 30.1 Å². The number of hydrogen-bond acceptors (Lipinski definition) is 4. The molecule has 0 aromatic heterocycles. The van der Waals surface area contributed by atoms with Gasteiger partial charge in [0.2, 0.25) is 11.8 Å². The number of hydrogen-bond donors (Lipinski definition) is 0. The van der Waals surface area contributed by atoms with Crippen LogP contribution >= 0.6 is 23.2 Å². The average Bonchev–Trinajstić information content (AvgIpc) is 3.53. The number of benzene rings is 2. The van der Waals surface area contributed by atoms with Crippen molar-refractivity contribution in [2.45, 2.75) is 51.5 Å². The smallest absolute Gasteiger partial charge is 0.410 e. The number of halogens is 2. The first-order chi connectivity index (χ1) is 18.6. The fourth-order valence-corrected chi connectivity index (χ4v) is 6.02. The molecule has 2 aromatic rings. The van der Waals surface area contributed by atoms with E-state index in [2.05, 4.69) is 0 Å². The summed E-state index contributed by atoms with van der Waals surface area (Å²) in [6.45, 7) is 6.07. The maximum absolute atomic E-state index is 13.7. The first-order valence-electron chi connectivity index (χ1n) is 13.6. The second-order valence-corrected chi connectivity index (χ2v) is 12.3. The highest BCUT2D eigenvalue weighted by molar-refractivity contribution is 6.42. The minimum atomic E-state index is -0.483. The van der Waals surface area contributed by atoms with E-state index in [-0.39, 0.29) is 35.1 Å². The molecule has 9 heteroatoms. The van der Waals surface area contributed by atoms with Crippen molar-refractivity contribution < 1.29 is 19.1 Å². The Bertz CT molecular complexity index is 1260. The molecule has 3 fully saturated rings. The number of amides is 3. The van der Waals surface area contributed by atoms with Gasteiger partial charge >= 0.3 is 6.09 Å². The van der Waals surface area contributed by atoms with Crippen LogP contribution in [0.1, 0.15) is 49.7 Å². The van der Waals surface area contributed by atoms with E-state index in [1.807, 2.05) is 47.9 Å². The van der Waals surface area contributed by atoms with Crippen LogP contribution in [0.15, 0.2) is 42.5 Å². The molecule has 0 spiro atoms. The van der Waals surface area contributed by atoms with Crippen LogP contribution in [0.5, 0.6) is 5.75 Å². The van der Waals surface area contributed by atoms with Gasteiger partial charge < -0.3 is 19.4 Å². The Morgan fingerprint density at radius 2 is 1.62 bits per heavy atom. The van der Waals surface area contributed by atoms with Crippen molar-refractivity contribution in [1.29, 1.82) is 0 Å². The van der Waals surface area contributed by atoms with Gasteiger partial charge in [-0.1, -0.05) is 53.9 Å². The molecule has 3 amide bonds. The third kappa shape index (κ3) is 5.90. The molecule has 0 bridgehead atoms. The molecular formula is C30H35Cl2N3O4. The average molecular weight is 573 g/mol. The Morgan fingerprint density at radius 1 is 0.949 bits per heavy atom. The summed E-state index contributed by atoms with van der Waals surface area (Å²) in [5.74, 6) is 0.473. The summed E-state index contributed by atoms with van der Waals surface area (Å²) in [6, 6.07) is 12.5. The van der Waals surface area contributed by atoms with Crippen molar-refractivity contribution in [3.8, 4) is 5.75 Å². The van der Waals surface area contributed by atoms with Gasteiger partial charge in [0.25, 0.3) is 0 Å². The summed E-state index contributed by atoms with van der Waals surface area (Å²) >= 11 is 12.5. The molecule has 2 aliphatic heterocycles. The maximum Gasteiger partial charge on any atom is 0.415 e. The molecule has 208 valence electrons. The predicted octanol–water partition coefficient (Wildman–Crippen LogP) is 5.77. The number of piperidine rings is 1. The summed E-state index contributed by atoms with van der Waals surface area (Å²) in [4.78, 5) is 45.0. The highest BCUT2D eigenvalue weighted by Gasteiger charge is 2.48. The molecule has 2 aromatic carbocycles. The van der Waals surface area contributed by atoms with E-state index in [0.29, 0.717) is 54.8 Å². The predicted molar refractivity (Wildman–Crippen MR) is 151 cm³/mol. The quantitative estimate of drug-likeness (QED) is 0.457. The summed E-state index contributed by atoms with van der Waals surface area (Å²) in [5.41, 5.74) is 1.80. The van der Waals surface area contributed by atoms with Crippen LogP contribution in [0, 0.1) is 18.3 Å². The molecule has 1 aliphatic carbocycles. The number of aryl methyl sites for hydroxylation is 1. The maximum atomic E-state index is 13.7. The van der Waals surface area contributed by atoms with Crippen LogP contribution in [0.2, 0.25) is 10.0 Å². The van der Waals surface area contributed by atoms with Gasteiger partial charge in [-0.25, -0.2) is 4.79 Å². The van der Waals surface area contributed by atoms with Gasteiger partial charge in [-0.15, -0.1) is 0 Å². The Hall–Kier alpha value is -2.77. The zero-order chi connectivity index (χ0) is 27.9. The van der Waals surface area contributed by atoms with Crippen molar-refractivity contribution in [1.82, 2.24) is 14.7 Å². The SMILES string of the molecule is Cc1ccc(OC(=O)N(C)[C@H]2CN(C(=O)C3CCN(C(=O)C4(C)CC4)CC3)C[C@@H]2c2ccc(Cl)c(Cl)c2)cc1. The number of ether oxygens (including phenoxy) is 1. The normalized spacial score (nSPS) is 22.5. The third-order valence-electron chi connectivity index (χ3n) is 8.63. The second-order valence-electron chi connectivity index (χ2n) is 11.5. The molecule has 3 aliphatic rings. The number of nitrogens with zero attached hydrogens (tertiary/aromatic N) is 3. The second kappa shape index (κ2) is 11.0. The zero-order valence-corrected chi connectivity index (χ0v) is 24.2. The van der Waals surface area contributed by atoms with E-state index >= 15 is 0 Å². The number of carbonyl (C=O) groups excluding carboxylic acids is 3. The van der Waals surface area contributed by atoms with Gasteiger partial charge in [-0.05, 0) is 62.4 Å². The van der Waals surface area contributed by atoms with Gasteiger partial charge in [0, 0.05) is 50.5 Å². The highest BCUT2D eigenvalue weighted by atomic mass is 35.5. The molecule has 0 unspecified atom stereocenters. The molecule has 5 rings (SSSR count). The van der Waals surface area contributed by atoms with Crippen LogP contribution in [-0.2, 0) is 9.59 Å². The summed E-state index contributed by atoms with van der Waals surface area (Å²) in [5, 5.41) is 0.889. The molecule has 2 atom stereocenters. The molecule has 7 nitrogen and oxygen atoms in total. The number of likely N-dealkylation sites (N-methyl/N-ethyl adjacent to an activating group) is 1. The number of likely N-dealkylation sites (tertiary alicyclic amines) is 2. The van der Waals surface area contributed by atoms with E-state index in [4.69, 9.17) is 27.9 Å². The minimum Gasteiger partial charge on any atom is -0.410 e. The third-order valence-corrected chi connectivity index (χ3v) is 9.37. The van der Waals surface area contributed by atoms with Gasteiger partial charge in [0.15, 0.2) is 0 Å². The van der Waals surface area contributed by atoms with Crippen LogP contribution in [0.25, 0.3) is 0 Å². The van der Waals surface area contributed by atoms with E-state index < -0.39 is 6.09 Å². The van der Waals surface area contributed by atoms with Crippen LogP contribution in [0.4, 0.5) is 4.79 Å². The van der Waals surface area contributed by atoms with Crippen molar-refractivity contribution in [3.05, 3.63) is 63.6 Å². The van der Waals surface area contributed by atoms with Crippen LogP contribution < -0.4 is 4.74 Å². The first-order valence-corrected chi connectivity index (χ1v) is 14.4. The van der Waals surface area contributed by atoms with E-state index in [0.717, 1.165) is 24.0 Å². The lowest BCUT2D eigenvalue weighted by Crippen LogP contribution is -2.46. The number of carbonyl (C=O) groups is 3. The van der Waals surface area contributed by atoms with E-state index in [1.165, 1.54) is 0 Å². The standard InChI is InChI=1S/C30H35Cl2N3O4/c1-19-4-7-22(8-5-19)39-29(38)33(3)26-18-35(17-23(26)21-6-9-24(31)25(32)16-21)27(36)20-10-14-34(15-11-20)28(37)30(2)12-13-30/h4-9,16,20,23,26H,10-15,17-18H2,1-3H3/t23-,26+/m1/s1. The molecule has 2 heterocycles. The van der Waals surface area contributed by atoms with Gasteiger partial charge in [0.05, 0.1) is 16.1 Å². The fourth-order valence-electron chi connectivity index (χ4n) is 5.71. The van der Waals surface area contributed by atoms with E-state index in [9.17, 15) is 14.4 Å². The first kappa shape index (κ1) is 27.8. The minimum absolute atomic E-state index is 0.0765.